The van der Waals surface area contributed by atoms with Crippen molar-refractivity contribution in [3.63, 3.8) is 0 Å². The molecule has 10 heteroatoms. The minimum atomic E-state index is -1.44. The molecule has 0 heterocycles. The monoisotopic (exact) mass is 430 g/mol. The first-order chi connectivity index (χ1) is 14.8. The van der Waals surface area contributed by atoms with Gasteiger partial charge >= 0.3 is 5.97 Å². The van der Waals surface area contributed by atoms with Crippen molar-refractivity contribution in [2.24, 2.45) is 5.41 Å². The number of benzene rings is 2. The number of ether oxygens (including phenoxy) is 4. The van der Waals surface area contributed by atoms with E-state index in [0.29, 0.717) is 28.5 Å². The highest BCUT2D eigenvalue weighted by Crippen LogP contribution is 2.60. The van der Waals surface area contributed by atoms with E-state index in [1.807, 2.05) is 0 Å². The molecule has 31 heavy (non-hydrogen) atoms. The molecular weight excluding hydrogens is 408 g/mol. The van der Waals surface area contributed by atoms with Crippen molar-refractivity contribution in [3.8, 4) is 17.2 Å². The molecule has 1 aliphatic carbocycles. The highest BCUT2D eigenvalue weighted by atomic mass is 16.6. The van der Waals surface area contributed by atoms with E-state index in [9.17, 15) is 19.7 Å². The molecule has 1 fully saturated rings. The molecule has 0 saturated heterocycles. The molecule has 0 aromatic heterocycles. The molecule has 3 rings (SSSR count). The van der Waals surface area contributed by atoms with Crippen molar-refractivity contribution in [1.82, 2.24) is 0 Å². The van der Waals surface area contributed by atoms with Crippen molar-refractivity contribution in [2.45, 2.75) is 12.3 Å². The first-order valence-electron chi connectivity index (χ1n) is 9.26. The number of hydrogen-bond donors (Lipinski definition) is 1. The predicted molar refractivity (Wildman–Crippen MR) is 110 cm³/mol. The maximum atomic E-state index is 13.2. The highest BCUT2D eigenvalue weighted by Gasteiger charge is 2.67. The first-order valence-corrected chi connectivity index (χ1v) is 9.26. The van der Waals surface area contributed by atoms with Gasteiger partial charge in [-0.1, -0.05) is 12.1 Å². The quantitative estimate of drug-likeness (QED) is 0.293. The minimum Gasteiger partial charge on any atom is -0.493 e. The zero-order valence-corrected chi connectivity index (χ0v) is 17.5. The molecule has 1 aliphatic rings. The van der Waals surface area contributed by atoms with Crippen molar-refractivity contribution < 1.29 is 33.5 Å². The lowest BCUT2D eigenvalue weighted by molar-refractivity contribution is -0.384. The standard InChI is InChI=1S/C21H22N2O8/c1-28-16-9-13(10-17(29-2)18(16)30-3)22-19(24)21(20(25)31-4)11-15(21)12-5-7-14(8-6-12)23(26)27/h5-10,15H,11H2,1-4H3,(H,22,24). The summed E-state index contributed by atoms with van der Waals surface area (Å²) in [5, 5.41) is 13.6. The lowest BCUT2D eigenvalue weighted by atomic mass is 9.97. The fraction of sp³-hybridized carbons (Fsp3) is 0.333. The normalized spacial score (nSPS) is 19.2. The Bertz CT molecular complexity index is 996. The van der Waals surface area contributed by atoms with Crippen LogP contribution in [0.1, 0.15) is 17.9 Å². The molecule has 2 unspecified atom stereocenters. The van der Waals surface area contributed by atoms with Gasteiger partial charge in [0, 0.05) is 35.9 Å². The van der Waals surface area contributed by atoms with E-state index in [0.717, 1.165) is 0 Å². The first kappa shape index (κ1) is 21.9. The SMILES string of the molecule is COC(=O)C1(C(=O)Nc2cc(OC)c(OC)c(OC)c2)CC1c1ccc([N+](=O)[O-])cc1. The van der Waals surface area contributed by atoms with Crippen LogP contribution >= 0.6 is 0 Å². The highest BCUT2D eigenvalue weighted by molar-refractivity contribution is 6.13. The van der Waals surface area contributed by atoms with Crippen LogP contribution in [0.15, 0.2) is 36.4 Å². The number of non-ortho nitro benzene ring substituents is 1. The largest absolute Gasteiger partial charge is 0.493 e. The number of nitro benzene ring substituents is 1. The van der Waals surface area contributed by atoms with E-state index in [4.69, 9.17) is 18.9 Å². The van der Waals surface area contributed by atoms with Gasteiger partial charge < -0.3 is 24.3 Å². The molecule has 0 aliphatic heterocycles. The van der Waals surface area contributed by atoms with Crippen molar-refractivity contribution in [2.75, 3.05) is 33.8 Å². The lowest BCUT2D eigenvalue weighted by Crippen LogP contribution is -2.34. The van der Waals surface area contributed by atoms with Gasteiger partial charge in [0.2, 0.25) is 11.7 Å². The van der Waals surface area contributed by atoms with Crippen LogP contribution in [-0.4, -0.2) is 45.2 Å². The van der Waals surface area contributed by atoms with Crippen LogP contribution in [0, 0.1) is 15.5 Å². The Morgan fingerprint density at radius 1 is 1.03 bits per heavy atom. The Morgan fingerprint density at radius 3 is 2.06 bits per heavy atom. The number of anilines is 1. The summed E-state index contributed by atoms with van der Waals surface area (Å²) in [4.78, 5) is 36.1. The molecule has 10 nitrogen and oxygen atoms in total. The van der Waals surface area contributed by atoms with Gasteiger partial charge in [-0.25, -0.2) is 0 Å². The summed E-state index contributed by atoms with van der Waals surface area (Å²) in [5.74, 6) is -0.666. The Kier molecular flexibility index (Phi) is 6.00. The van der Waals surface area contributed by atoms with Crippen LogP contribution in [0.3, 0.4) is 0 Å². The Balaban J connectivity index is 1.90. The van der Waals surface area contributed by atoms with Gasteiger partial charge in [-0.15, -0.1) is 0 Å². The third kappa shape index (κ3) is 3.83. The number of nitrogens with zero attached hydrogens (tertiary/aromatic N) is 1. The third-order valence-corrected chi connectivity index (χ3v) is 5.34. The molecule has 0 radical (unpaired) electrons. The maximum absolute atomic E-state index is 13.2. The van der Waals surface area contributed by atoms with Gasteiger partial charge in [0.05, 0.1) is 33.4 Å². The third-order valence-electron chi connectivity index (χ3n) is 5.34. The average Bonchev–Trinajstić information content (AvgIpc) is 3.55. The number of esters is 1. The van der Waals surface area contributed by atoms with Crippen LogP contribution in [0.25, 0.3) is 0 Å². The lowest BCUT2D eigenvalue weighted by Gasteiger charge is -2.18. The summed E-state index contributed by atoms with van der Waals surface area (Å²) in [6.45, 7) is 0. The molecule has 2 aromatic rings. The molecule has 2 aromatic carbocycles. The molecule has 0 bridgehead atoms. The number of nitrogens with one attached hydrogen (secondary N) is 1. The van der Waals surface area contributed by atoms with E-state index >= 15 is 0 Å². The zero-order valence-electron chi connectivity index (χ0n) is 17.5. The number of carbonyl (C=O) groups excluding carboxylic acids is 2. The Hall–Kier alpha value is -3.82. The summed E-state index contributed by atoms with van der Waals surface area (Å²) < 4.78 is 20.7. The van der Waals surface area contributed by atoms with Crippen LogP contribution in [0.5, 0.6) is 17.2 Å². The second-order valence-corrected chi connectivity index (χ2v) is 6.94. The maximum Gasteiger partial charge on any atom is 0.322 e. The van der Waals surface area contributed by atoms with Crippen molar-refractivity contribution >= 4 is 23.3 Å². The number of hydrogen-bond acceptors (Lipinski definition) is 8. The average molecular weight is 430 g/mol. The van der Waals surface area contributed by atoms with Gasteiger partial charge in [0.15, 0.2) is 16.9 Å². The van der Waals surface area contributed by atoms with Crippen LogP contribution in [0.4, 0.5) is 11.4 Å². The number of methoxy groups -OCH3 is 4. The molecule has 2 atom stereocenters. The van der Waals surface area contributed by atoms with E-state index in [1.165, 1.54) is 40.6 Å². The van der Waals surface area contributed by atoms with E-state index in [-0.39, 0.29) is 12.1 Å². The minimum absolute atomic E-state index is 0.0741. The number of amides is 1. The second kappa shape index (κ2) is 8.50. The smallest absolute Gasteiger partial charge is 0.322 e. The molecule has 0 spiro atoms. The van der Waals surface area contributed by atoms with E-state index in [1.54, 1.807) is 24.3 Å². The van der Waals surface area contributed by atoms with E-state index < -0.39 is 28.1 Å². The van der Waals surface area contributed by atoms with Crippen molar-refractivity contribution in [3.05, 3.63) is 52.1 Å². The molecule has 164 valence electrons. The Labute approximate surface area is 178 Å². The van der Waals surface area contributed by atoms with Gasteiger partial charge in [-0.2, -0.15) is 0 Å². The van der Waals surface area contributed by atoms with Crippen LogP contribution < -0.4 is 19.5 Å². The number of carbonyl (C=O) groups is 2. The molecule has 1 amide bonds. The number of nitro groups is 1. The summed E-state index contributed by atoms with van der Waals surface area (Å²) in [6.07, 6.45) is 0.216. The van der Waals surface area contributed by atoms with Gasteiger partial charge in [0.1, 0.15) is 0 Å². The number of rotatable bonds is 8. The fourth-order valence-corrected chi connectivity index (χ4v) is 3.64. The summed E-state index contributed by atoms with van der Waals surface area (Å²) in [7, 11) is 5.57. The Morgan fingerprint density at radius 2 is 1.61 bits per heavy atom. The summed E-state index contributed by atoms with van der Waals surface area (Å²) >= 11 is 0. The van der Waals surface area contributed by atoms with Crippen LogP contribution in [0.2, 0.25) is 0 Å². The van der Waals surface area contributed by atoms with Crippen LogP contribution in [-0.2, 0) is 14.3 Å². The van der Waals surface area contributed by atoms with Crippen molar-refractivity contribution in [1.29, 1.82) is 0 Å². The fourth-order valence-electron chi connectivity index (χ4n) is 3.64. The van der Waals surface area contributed by atoms with Gasteiger partial charge in [-0.3, -0.25) is 19.7 Å². The second-order valence-electron chi connectivity index (χ2n) is 6.94. The zero-order chi connectivity index (χ0) is 22.8. The molecule has 1 saturated carbocycles. The summed E-state index contributed by atoms with van der Waals surface area (Å²) in [5.41, 5.74) is -0.534. The summed E-state index contributed by atoms with van der Waals surface area (Å²) in [6, 6.07) is 8.86. The molecular formula is C21H22N2O8. The topological polar surface area (TPSA) is 126 Å². The van der Waals surface area contributed by atoms with Gasteiger partial charge in [0.25, 0.3) is 5.69 Å². The predicted octanol–water partition coefficient (Wildman–Crippen LogP) is 2.91. The molecule has 1 N–H and O–H groups in total. The van der Waals surface area contributed by atoms with Gasteiger partial charge in [-0.05, 0) is 12.0 Å². The van der Waals surface area contributed by atoms with E-state index in [2.05, 4.69) is 5.32 Å².